The van der Waals surface area contributed by atoms with E-state index < -0.39 is 0 Å². The van der Waals surface area contributed by atoms with Crippen molar-refractivity contribution in [1.82, 2.24) is 3.97 Å². The van der Waals surface area contributed by atoms with E-state index >= 15 is 0 Å². The van der Waals surface area contributed by atoms with Gasteiger partial charge in [-0.1, -0.05) is 0 Å². The number of ether oxygens (including phenoxy) is 2. The van der Waals surface area contributed by atoms with Gasteiger partial charge < -0.3 is 9.47 Å². The van der Waals surface area contributed by atoms with Crippen molar-refractivity contribution in [1.29, 1.82) is 0 Å². The van der Waals surface area contributed by atoms with E-state index in [1.54, 1.807) is 29.2 Å². The Morgan fingerprint density at radius 3 is 2.90 bits per heavy atom. The molecule has 0 aliphatic carbocycles. The summed E-state index contributed by atoms with van der Waals surface area (Å²) in [4.78, 5) is 11.5. The number of nitrogens with zero attached hydrogens (tertiary/aromatic N) is 1. The lowest BCUT2D eigenvalue weighted by Crippen LogP contribution is -1.99. The Labute approximate surface area is 140 Å². The minimum absolute atomic E-state index is 0.351. The molecule has 0 fully saturated rings. The zero-order valence-electron chi connectivity index (χ0n) is 12.1. The van der Waals surface area contributed by atoms with Crippen LogP contribution in [0.5, 0.6) is 5.75 Å². The molecular formula is C15H16INO3S. The molecule has 2 rings (SSSR count). The molecule has 1 aromatic heterocycles. The lowest BCUT2D eigenvalue weighted by molar-refractivity contribution is -0.137. The van der Waals surface area contributed by atoms with Crippen LogP contribution in [0.4, 0.5) is 0 Å². The van der Waals surface area contributed by atoms with Gasteiger partial charge in [-0.15, -0.1) is 0 Å². The minimum Gasteiger partial charge on any atom is -0.496 e. The quantitative estimate of drug-likeness (QED) is 0.411. The van der Waals surface area contributed by atoms with Gasteiger partial charge >= 0.3 is 5.97 Å². The van der Waals surface area contributed by atoms with E-state index in [2.05, 4.69) is 25.2 Å². The summed E-state index contributed by atoms with van der Waals surface area (Å²) >= 11 is 2.24. The number of hydrogen-bond donors (Lipinski definition) is 0. The first kappa shape index (κ1) is 16.2. The number of rotatable bonds is 5. The van der Waals surface area contributed by atoms with Crippen LogP contribution in [0.15, 0.2) is 24.4 Å². The van der Waals surface area contributed by atoms with Gasteiger partial charge in [-0.2, -0.15) is 0 Å². The molecule has 1 aromatic carbocycles. The Hall–Kier alpha value is -1.15. The summed E-state index contributed by atoms with van der Waals surface area (Å²) in [6, 6.07) is 4.01. The number of aryl methyl sites for hydroxylation is 1. The fraction of sp³-hybridized carbons (Fsp3) is 0.267. The Morgan fingerprint density at radius 1 is 1.52 bits per heavy atom. The number of methoxy groups -OCH3 is 1. The Morgan fingerprint density at radius 2 is 2.29 bits per heavy atom. The number of carbonyl (C=O) groups is 1. The highest BCUT2D eigenvalue weighted by atomic mass is 127. The van der Waals surface area contributed by atoms with Crippen molar-refractivity contribution in [2.45, 2.75) is 13.8 Å². The summed E-state index contributed by atoms with van der Waals surface area (Å²) in [5.74, 6) is 0.396. The van der Waals surface area contributed by atoms with E-state index in [0.717, 1.165) is 27.8 Å². The SMILES string of the molecule is CCOC(=O)/C=C/c1c(OC)cc(C)c2c1ccn2SI. The molecule has 0 bridgehead atoms. The third kappa shape index (κ3) is 3.37. The van der Waals surface area contributed by atoms with E-state index in [1.807, 2.05) is 25.3 Å². The number of esters is 1. The molecule has 0 aliphatic rings. The topological polar surface area (TPSA) is 40.5 Å². The van der Waals surface area contributed by atoms with Crippen LogP contribution in [-0.2, 0) is 9.53 Å². The van der Waals surface area contributed by atoms with Crippen molar-refractivity contribution in [2.75, 3.05) is 13.7 Å². The molecule has 112 valence electrons. The van der Waals surface area contributed by atoms with Crippen LogP contribution in [0.1, 0.15) is 18.1 Å². The van der Waals surface area contributed by atoms with Gasteiger partial charge in [0.15, 0.2) is 0 Å². The summed E-state index contributed by atoms with van der Waals surface area (Å²) in [7, 11) is 3.24. The van der Waals surface area contributed by atoms with Crippen molar-refractivity contribution in [2.24, 2.45) is 0 Å². The second kappa shape index (κ2) is 7.22. The lowest BCUT2D eigenvalue weighted by Gasteiger charge is -2.10. The minimum atomic E-state index is -0.351. The van der Waals surface area contributed by atoms with Crippen molar-refractivity contribution in [3.05, 3.63) is 35.5 Å². The average Bonchev–Trinajstić information content (AvgIpc) is 2.90. The van der Waals surface area contributed by atoms with Crippen molar-refractivity contribution < 1.29 is 14.3 Å². The number of aromatic nitrogens is 1. The predicted molar refractivity (Wildman–Crippen MR) is 95.9 cm³/mol. The summed E-state index contributed by atoms with van der Waals surface area (Å²) in [5.41, 5.74) is 3.14. The van der Waals surface area contributed by atoms with Gasteiger partial charge in [0.05, 0.1) is 19.2 Å². The number of halogens is 1. The molecule has 4 nitrogen and oxygen atoms in total. The van der Waals surface area contributed by atoms with E-state index in [-0.39, 0.29) is 5.97 Å². The standard InChI is InChI=1S/C15H16INO3S/c1-4-20-14(18)6-5-11-12-7-8-17(21-16)15(12)10(2)9-13(11)19-3/h5-9H,4H2,1-3H3/b6-5+. The maximum atomic E-state index is 11.5. The van der Waals surface area contributed by atoms with Crippen LogP contribution in [0.3, 0.4) is 0 Å². The van der Waals surface area contributed by atoms with Gasteiger partial charge in [-0.3, -0.25) is 3.97 Å². The van der Waals surface area contributed by atoms with E-state index in [0.29, 0.717) is 6.61 Å². The van der Waals surface area contributed by atoms with E-state index in [9.17, 15) is 4.79 Å². The largest absolute Gasteiger partial charge is 0.496 e. The number of carbonyl (C=O) groups excluding carboxylic acids is 1. The van der Waals surface area contributed by atoms with Gasteiger partial charge in [-0.05, 0) is 37.6 Å². The molecule has 1 heterocycles. The fourth-order valence-electron chi connectivity index (χ4n) is 2.23. The maximum absolute atomic E-state index is 11.5. The first-order valence-electron chi connectivity index (χ1n) is 6.45. The summed E-state index contributed by atoms with van der Waals surface area (Å²) < 4.78 is 12.5. The van der Waals surface area contributed by atoms with E-state index in [4.69, 9.17) is 9.47 Å². The molecule has 0 N–H and O–H groups in total. The van der Waals surface area contributed by atoms with Gasteiger partial charge in [0.2, 0.25) is 0 Å². The highest BCUT2D eigenvalue weighted by Gasteiger charge is 2.13. The fourth-order valence-corrected chi connectivity index (χ4v) is 3.64. The summed E-state index contributed by atoms with van der Waals surface area (Å²) in [6.07, 6.45) is 5.20. The molecule has 21 heavy (non-hydrogen) atoms. The zero-order chi connectivity index (χ0) is 15.4. The molecule has 0 saturated carbocycles. The molecular weight excluding hydrogens is 401 g/mol. The lowest BCUT2D eigenvalue weighted by atomic mass is 10.0. The smallest absolute Gasteiger partial charge is 0.330 e. The summed E-state index contributed by atoms with van der Waals surface area (Å²) in [6.45, 7) is 4.20. The molecule has 0 amide bonds. The van der Waals surface area contributed by atoms with Crippen LogP contribution >= 0.6 is 30.3 Å². The Bertz CT molecular complexity index is 694. The second-order valence-corrected chi connectivity index (χ2v) is 6.08. The summed E-state index contributed by atoms with van der Waals surface area (Å²) in [5, 5.41) is 1.05. The van der Waals surface area contributed by atoms with Gasteiger partial charge in [0.1, 0.15) is 5.75 Å². The molecule has 0 aliphatic heterocycles. The average molecular weight is 417 g/mol. The molecule has 0 spiro atoms. The molecule has 2 aromatic rings. The number of benzene rings is 1. The van der Waals surface area contributed by atoms with Crippen LogP contribution in [0.2, 0.25) is 0 Å². The highest BCUT2D eigenvalue weighted by molar-refractivity contribution is 14.2. The highest BCUT2D eigenvalue weighted by Crippen LogP contribution is 2.35. The van der Waals surface area contributed by atoms with E-state index in [1.165, 1.54) is 6.08 Å². The molecule has 0 saturated heterocycles. The van der Waals surface area contributed by atoms with Crippen LogP contribution in [0.25, 0.3) is 17.0 Å². The zero-order valence-corrected chi connectivity index (χ0v) is 15.0. The number of hydrogen-bond acceptors (Lipinski definition) is 4. The Kier molecular flexibility index (Phi) is 5.58. The van der Waals surface area contributed by atoms with Crippen LogP contribution in [-0.4, -0.2) is 23.7 Å². The van der Waals surface area contributed by atoms with Crippen LogP contribution in [0, 0.1) is 6.92 Å². The maximum Gasteiger partial charge on any atom is 0.330 e. The third-order valence-corrected chi connectivity index (χ3v) is 4.82. The third-order valence-electron chi connectivity index (χ3n) is 3.10. The first-order valence-corrected chi connectivity index (χ1v) is 9.76. The van der Waals surface area contributed by atoms with Gasteiger partial charge in [-0.25, -0.2) is 4.79 Å². The van der Waals surface area contributed by atoms with Gasteiger partial charge in [0, 0.05) is 53.5 Å². The van der Waals surface area contributed by atoms with Crippen molar-refractivity contribution in [3.8, 4) is 5.75 Å². The molecule has 6 heteroatoms. The molecule has 0 unspecified atom stereocenters. The monoisotopic (exact) mass is 417 g/mol. The van der Waals surface area contributed by atoms with Crippen molar-refractivity contribution >= 4 is 53.3 Å². The predicted octanol–water partition coefficient (Wildman–Crippen LogP) is 4.38. The molecule has 0 radical (unpaired) electrons. The first-order chi connectivity index (χ1) is 10.1. The number of fused-ring (bicyclic) bond motifs is 1. The molecule has 0 atom stereocenters. The van der Waals surface area contributed by atoms with Crippen molar-refractivity contribution in [3.63, 3.8) is 0 Å². The van der Waals surface area contributed by atoms with Crippen LogP contribution < -0.4 is 4.74 Å². The van der Waals surface area contributed by atoms with Gasteiger partial charge in [0.25, 0.3) is 0 Å². The normalized spacial score (nSPS) is 11.2. The second-order valence-electron chi connectivity index (χ2n) is 4.37. The Balaban J connectivity index is 2.57.